The van der Waals surface area contributed by atoms with Crippen LogP contribution in [0.2, 0.25) is 0 Å². The topological polar surface area (TPSA) is 73.2 Å². The number of nitrogens with zero attached hydrogens (tertiary/aromatic N) is 2. The summed E-state index contributed by atoms with van der Waals surface area (Å²) in [7, 11) is 0. The number of fused-ring (bicyclic) bond motifs is 1. The van der Waals surface area contributed by atoms with E-state index in [0.717, 1.165) is 60.6 Å². The Morgan fingerprint density at radius 1 is 1.25 bits per heavy atom. The second kappa shape index (κ2) is 8.92. The van der Waals surface area contributed by atoms with Crippen LogP contribution in [0.4, 0.5) is 0 Å². The lowest BCUT2D eigenvalue weighted by atomic mass is 10.2. The maximum atomic E-state index is 12.6. The molecular weight excluding hydrogens is 374 g/mol. The fraction of sp³-hybridized carbons (Fsp3) is 0.476. The number of thioether (sulfide) groups is 1. The van der Waals surface area contributed by atoms with Crippen LogP contribution in [0.15, 0.2) is 40.2 Å². The van der Waals surface area contributed by atoms with Gasteiger partial charge in [-0.25, -0.2) is 4.79 Å². The molecular formula is C21H25N3O3S. The van der Waals surface area contributed by atoms with Crippen molar-refractivity contribution in [3.05, 3.63) is 57.6 Å². The SMILES string of the molecule is O=C(CSc1nc(=O)n(C[C@@H]2CCCO2)c2c1CCC2)NCc1ccccc1. The van der Waals surface area contributed by atoms with Gasteiger partial charge in [-0.15, -0.1) is 0 Å². The average Bonchev–Trinajstić information content (AvgIpc) is 3.40. The van der Waals surface area contributed by atoms with Gasteiger partial charge in [0.2, 0.25) is 5.91 Å². The number of benzene rings is 1. The lowest BCUT2D eigenvalue weighted by Gasteiger charge is -2.17. The van der Waals surface area contributed by atoms with Crippen molar-refractivity contribution in [1.29, 1.82) is 0 Å². The Balaban J connectivity index is 1.40. The van der Waals surface area contributed by atoms with E-state index in [1.807, 2.05) is 30.3 Å². The Kier molecular flexibility index (Phi) is 6.12. The lowest BCUT2D eigenvalue weighted by molar-refractivity contribution is -0.118. The van der Waals surface area contributed by atoms with Crippen molar-refractivity contribution in [2.75, 3.05) is 12.4 Å². The van der Waals surface area contributed by atoms with Crippen LogP contribution in [0.25, 0.3) is 0 Å². The monoisotopic (exact) mass is 399 g/mol. The highest BCUT2D eigenvalue weighted by Crippen LogP contribution is 2.29. The van der Waals surface area contributed by atoms with Crippen LogP contribution in [-0.2, 0) is 35.5 Å². The second-order valence-electron chi connectivity index (χ2n) is 7.27. The van der Waals surface area contributed by atoms with Crippen molar-refractivity contribution < 1.29 is 9.53 Å². The van der Waals surface area contributed by atoms with Gasteiger partial charge in [-0.1, -0.05) is 42.1 Å². The molecule has 7 heteroatoms. The molecule has 1 aliphatic carbocycles. The molecule has 0 bridgehead atoms. The molecule has 1 amide bonds. The maximum Gasteiger partial charge on any atom is 0.348 e. The molecule has 1 saturated heterocycles. The third-order valence-electron chi connectivity index (χ3n) is 5.28. The molecule has 1 aliphatic heterocycles. The Labute approximate surface area is 168 Å². The van der Waals surface area contributed by atoms with Crippen LogP contribution < -0.4 is 11.0 Å². The van der Waals surface area contributed by atoms with Crippen molar-refractivity contribution in [2.45, 2.75) is 56.3 Å². The Hall–Kier alpha value is -2.12. The van der Waals surface area contributed by atoms with Gasteiger partial charge in [-0.05, 0) is 37.7 Å². The van der Waals surface area contributed by atoms with Crippen LogP contribution in [0, 0.1) is 0 Å². The average molecular weight is 400 g/mol. The largest absolute Gasteiger partial charge is 0.376 e. The fourth-order valence-electron chi connectivity index (χ4n) is 3.87. The van der Waals surface area contributed by atoms with E-state index < -0.39 is 0 Å². The maximum absolute atomic E-state index is 12.6. The molecule has 1 aromatic heterocycles. The van der Waals surface area contributed by atoms with Crippen molar-refractivity contribution >= 4 is 17.7 Å². The molecule has 28 heavy (non-hydrogen) atoms. The molecule has 148 valence electrons. The van der Waals surface area contributed by atoms with Crippen molar-refractivity contribution in [3.8, 4) is 0 Å². The Morgan fingerprint density at radius 3 is 2.89 bits per heavy atom. The van der Waals surface area contributed by atoms with Crippen LogP contribution in [0.1, 0.15) is 36.1 Å². The molecule has 0 spiro atoms. The fourth-order valence-corrected chi connectivity index (χ4v) is 4.77. The van der Waals surface area contributed by atoms with Gasteiger partial charge in [0.15, 0.2) is 0 Å². The minimum Gasteiger partial charge on any atom is -0.376 e. The zero-order valence-electron chi connectivity index (χ0n) is 15.9. The minimum absolute atomic E-state index is 0.0501. The zero-order valence-corrected chi connectivity index (χ0v) is 16.7. The smallest absolute Gasteiger partial charge is 0.348 e. The van der Waals surface area contributed by atoms with Crippen molar-refractivity contribution in [3.63, 3.8) is 0 Å². The van der Waals surface area contributed by atoms with Gasteiger partial charge in [0, 0.05) is 24.4 Å². The van der Waals surface area contributed by atoms with Gasteiger partial charge < -0.3 is 10.1 Å². The number of ether oxygens (including phenoxy) is 1. The minimum atomic E-state index is -0.219. The number of carbonyl (C=O) groups is 1. The second-order valence-corrected chi connectivity index (χ2v) is 8.24. The third-order valence-corrected chi connectivity index (χ3v) is 6.30. The molecule has 1 atom stereocenters. The van der Waals surface area contributed by atoms with Gasteiger partial charge in [-0.3, -0.25) is 9.36 Å². The van der Waals surface area contributed by atoms with E-state index >= 15 is 0 Å². The first-order chi connectivity index (χ1) is 13.7. The highest BCUT2D eigenvalue weighted by molar-refractivity contribution is 7.99. The van der Waals surface area contributed by atoms with Crippen LogP contribution in [0.5, 0.6) is 0 Å². The summed E-state index contributed by atoms with van der Waals surface area (Å²) in [5.41, 5.74) is 3.07. The van der Waals surface area contributed by atoms with Crippen LogP contribution >= 0.6 is 11.8 Å². The van der Waals surface area contributed by atoms with E-state index in [0.29, 0.717) is 13.1 Å². The molecule has 0 saturated carbocycles. The van der Waals surface area contributed by atoms with E-state index in [-0.39, 0.29) is 23.5 Å². The first-order valence-corrected chi connectivity index (χ1v) is 10.9. The molecule has 2 aromatic rings. The summed E-state index contributed by atoms with van der Waals surface area (Å²) in [5, 5.41) is 3.64. The number of nitrogens with one attached hydrogen (secondary N) is 1. The molecule has 4 rings (SSSR count). The summed E-state index contributed by atoms with van der Waals surface area (Å²) < 4.78 is 7.50. The van der Waals surface area contributed by atoms with Crippen LogP contribution in [0.3, 0.4) is 0 Å². The quantitative estimate of drug-likeness (QED) is 0.571. The molecule has 6 nitrogen and oxygen atoms in total. The highest BCUT2D eigenvalue weighted by atomic mass is 32.2. The molecule has 0 unspecified atom stereocenters. The molecule has 2 aliphatic rings. The lowest BCUT2D eigenvalue weighted by Crippen LogP contribution is -2.32. The first kappa shape index (κ1) is 19.2. The Bertz CT molecular complexity index is 892. The molecule has 2 heterocycles. The highest BCUT2D eigenvalue weighted by Gasteiger charge is 2.25. The number of rotatable bonds is 7. The molecule has 1 aromatic carbocycles. The molecule has 1 N–H and O–H groups in total. The van der Waals surface area contributed by atoms with E-state index in [1.54, 1.807) is 4.57 Å². The van der Waals surface area contributed by atoms with Gasteiger partial charge in [0.25, 0.3) is 0 Å². The summed E-state index contributed by atoms with van der Waals surface area (Å²) in [4.78, 5) is 29.1. The van der Waals surface area contributed by atoms with Gasteiger partial charge in [0.1, 0.15) is 5.03 Å². The predicted molar refractivity (Wildman–Crippen MR) is 109 cm³/mol. The number of hydrogen-bond donors (Lipinski definition) is 1. The predicted octanol–water partition coefficient (Wildman–Crippen LogP) is 2.32. The summed E-state index contributed by atoms with van der Waals surface area (Å²) in [5.74, 6) is 0.215. The summed E-state index contributed by atoms with van der Waals surface area (Å²) in [6, 6.07) is 9.82. The number of aromatic nitrogens is 2. The van der Waals surface area contributed by atoms with Crippen molar-refractivity contribution in [2.24, 2.45) is 0 Å². The summed E-state index contributed by atoms with van der Waals surface area (Å²) in [6.45, 7) is 1.88. The van der Waals surface area contributed by atoms with Crippen LogP contribution in [-0.4, -0.2) is 33.9 Å². The number of carbonyl (C=O) groups excluding carboxylic acids is 1. The van der Waals surface area contributed by atoms with Gasteiger partial charge >= 0.3 is 5.69 Å². The normalized spacial score (nSPS) is 18.2. The summed E-state index contributed by atoms with van der Waals surface area (Å²) >= 11 is 1.37. The molecule has 1 fully saturated rings. The van der Waals surface area contributed by atoms with Gasteiger partial charge in [0.05, 0.1) is 18.4 Å². The summed E-state index contributed by atoms with van der Waals surface area (Å²) in [6.07, 6.45) is 5.02. The zero-order chi connectivity index (χ0) is 19.3. The van der Waals surface area contributed by atoms with E-state index in [4.69, 9.17) is 4.74 Å². The first-order valence-electron chi connectivity index (χ1n) is 9.88. The van der Waals surface area contributed by atoms with Crippen molar-refractivity contribution in [1.82, 2.24) is 14.9 Å². The number of hydrogen-bond acceptors (Lipinski definition) is 5. The standard InChI is InChI=1S/C21H25N3O3S/c25-19(22-12-15-6-2-1-3-7-15)14-28-20-17-9-4-10-18(17)24(21(26)23-20)13-16-8-5-11-27-16/h1-3,6-7,16H,4-5,8-14H2,(H,22,25)/t16-/m0/s1. The van der Waals surface area contributed by atoms with E-state index in [2.05, 4.69) is 10.3 Å². The Morgan fingerprint density at radius 2 is 2.11 bits per heavy atom. The third kappa shape index (κ3) is 4.47. The number of amides is 1. The van der Waals surface area contributed by atoms with Gasteiger partial charge in [-0.2, -0.15) is 4.98 Å². The van der Waals surface area contributed by atoms with E-state index in [9.17, 15) is 9.59 Å². The van der Waals surface area contributed by atoms with E-state index in [1.165, 1.54) is 11.8 Å². The molecule has 0 radical (unpaired) electrons.